The van der Waals surface area contributed by atoms with Gasteiger partial charge in [0.2, 0.25) is 0 Å². The van der Waals surface area contributed by atoms with E-state index in [1.54, 1.807) is 70.6 Å². The predicted molar refractivity (Wildman–Crippen MR) is 65.1 cm³/mol. The molecule has 0 heterocycles. The van der Waals surface area contributed by atoms with Gasteiger partial charge in [-0.05, 0) is 85.9 Å². The van der Waals surface area contributed by atoms with Crippen LogP contribution in [0.25, 0.3) is 0 Å². The van der Waals surface area contributed by atoms with Crippen LogP contribution < -0.4 is 0 Å². The molecule has 0 atom stereocenters. The Hall–Kier alpha value is 0. The van der Waals surface area contributed by atoms with Crippen LogP contribution in [0, 0.1) is 28.1 Å². The lowest BCUT2D eigenvalue weighted by Gasteiger charge is -2.69. The van der Waals surface area contributed by atoms with Crippen molar-refractivity contribution in [3.05, 3.63) is 0 Å². The first-order chi connectivity index (χ1) is 7.78. The van der Waals surface area contributed by atoms with E-state index in [4.69, 9.17) is 0 Å². The number of hydrogen-bond acceptors (Lipinski definition) is 0. The van der Waals surface area contributed by atoms with E-state index in [1.165, 1.54) is 0 Å². The Kier molecular flexibility index (Phi) is 1.35. The summed E-state index contributed by atoms with van der Waals surface area (Å²) < 4.78 is 0. The van der Waals surface area contributed by atoms with E-state index in [2.05, 4.69) is 0 Å². The van der Waals surface area contributed by atoms with Crippen molar-refractivity contribution in [2.24, 2.45) is 28.1 Å². The molecule has 6 rings (SSSR count). The zero-order chi connectivity index (χ0) is 10.4. The highest BCUT2D eigenvalue weighted by molar-refractivity contribution is 5.23. The summed E-state index contributed by atoms with van der Waals surface area (Å²) in [5.41, 5.74) is 2.65. The van der Waals surface area contributed by atoms with Crippen LogP contribution in [0.2, 0.25) is 0 Å². The molecule has 88 valence electrons. The SMILES string of the molecule is C1CC23CC4CC(C2)CC2(CCCC32C1)C4. The zero-order valence-corrected chi connectivity index (χ0v) is 10.4. The Morgan fingerprint density at radius 3 is 1.62 bits per heavy atom. The molecule has 0 N–H and O–H groups in total. The summed E-state index contributed by atoms with van der Waals surface area (Å²) in [7, 11) is 0. The van der Waals surface area contributed by atoms with Crippen LogP contribution in [0.1, 0.15) is 70.6 Å². The van der Waals surface area contributed by atoms with Gasteiger partial charge in [0.15, 0.2) is 0 Å². The first-order valence-electron chi connectivity index (χ1n) is 7.78. The summed E-state index contributed by atoms with van der Waals surface area (Å²) in [5, 5.41) is 0. The van der Waals surface area contributed by atoms with Gasteiger partial charge in [-0.25, -0.2) is 0 Å². The van der Waals surface area contributed by atoms with Gasteiger partial charge >= 0.3 is 0 Å². The van der Waals surface area contributed by atoms with Crippen LogP contribution in [-0.4, -0.2) is 0 Å². The molecule has 0 amide bonds. The molecule has 6 aliphatic carbocycles. The molecule has 6 aliphatic rings. The van der Waals surface area contributed by atoms with Crippen LogP contribution >= 0.6 is 0 Å². The Labute approximate surface area is 99.2 Å². The van der Waals surface area contributed by atoms with Crippen molar-refractivity contribution in [2.75, 3.05) is 0 Å². The first-order valence-corrected chi connectivity index (χ1v) is 7.78. The maximum atomic E-state index is 1.66. The minimum absolute atomic E-state index is 0.882. The summed E-state index contributed by atoms with van der Waals surface area (Å²) in [5.74, 6) is 2.33. The average molecular weight is 216 g/mol. The van der Waals surface area contributed by atoms with Crippen LogP contribution in [0.4, 0.5) is 0 Å². The van der Waals surface area contributed by atoms with Crippen LogP contribution in [0.5, 0.6) is 0 Å². The second-order valence-corrected chi connectivity index (χ2v) is 8.13. The molecule has 6 saturated carbocycles. The van der Waals surface area contributed by atoms with Gasteiger partial charge in [0.25, 0.3) is 0 Å². The Morgan fingerprint density at radius 2 is 1.12 bits per heavy atom. The summed E-state index contributed by atoms with van der Waals surface area (Å²) >= 11 is 0. The lowest BCUT2D eigenvalue weighted by molar-refractivity contribution is -0.201. The Bertz CT molecular complexity index is 307. The summed E-state index contributed by atoms with van der Waals surface area (Å²) in [4.78, 5) is 0. The van der Waals surface area contributed by atoms with Crippen molar-refractivity contribution in [1.82, 2.24) is 0 Å². The molecule has 0 unspecified atom stereocenters. The third-order valence-corrected chi connectivity index (χ3v) is 7.93. The summed E-state index contributed by atoms with van der Waals surface area (Å²) in [6.45, 7) is 0. The van der Waals surface area contributed by atoms with Crippen LogP contribution in [0.3, 0.4) is 0 Å². The highest BCUT2D eigenvalue weighted by Gasteiger charge is 2.73. The van der Waals surface area contributed by atoms with Gasteiger partial charge < -0.3 is 0 Å². The maximum absolute atomic E-state index is 1.66. The molecule has 0 aliphatic heterocycles. The standard InChI is InChI=1S/C16H24/c1-3-14-8-12-7-13(9-14)11-15(10-12)4-2-6-16(14,15)5-1/h12-13H,1-11H2. The van der Waals surface area contributed by atoms with Gasteiger partial charge in [-0.3, -0.25) is 0 Å². The second-order valence-electron chi connectivity index (χ2n) is 8.13. The quantitative estimate of drug-likeness (QED) is 0.558. The molecule has 3 spiro atoms. The molecule has 0 aromatic heterocycles. The topological polar surface area (TPSA) is 0 Å². The average Bonchev–Trinajstić information content (AvgIpc) is 2.73. The van der Waals surface area contributed by atoms with E-state index in [9.17, 15) is 0 Å². The first kappa shape index (κ1) is 9.00. The van der Waals surface area contributed by atoms with Gasteiger partial charge in [0.1, 0.15) is 0 Å². The zero-order valence-electron chi connectivity index (χ0n) is 10.4. The van der Waals surface area contributed by atoms with Gasteiger partial charge in [0, 0.05) is 0 Å². The highest BCUT2D eigenvalue weighted by atomic mass is 14.8. The predicted octanol–water partition coefficient (Wildman–Crippen LogP) is 4.54. The Morgan fingerprint density at radius 1 is 0.625 bits per heavy atom. The maximum Gasteiger partial charge on any atom is -0.0184 e. The molecule has 4 bridgehead atoms. The monoisotopic (exact) mass is 216 g/mol. The van der Waals surface area contributed by atoms with Gasteiger partial charge in [-0.2, -0.15) is 0 Å². The summed E-state index contributed by atoms with van der Waals surface area (Å²) in [6, 6.07) is 0. The van der Waals surface area contributed by atoms with Gasteiger partial charge in [0.05, 0.1) is 0 Å². The molecule has 0 heteroatoms. The molecule has 16 heavy (non-hydrogen) atoms. The molecule has 0 aromatic carbocycles. The molecule has 0 nitrogen and oxygen atoms in total. The molecule has 0 aromatic rings. The lowest BCUT2D eigenvalue weighted by atomic mass is 9.35. The van der Waals surface area contributed by atoms with E-state index in [-0.39, 0.29) is 0 Å². The van der Waals surface area contributed by atoms with Crippen molar-refractivity contribution in [3.8, 4) is 0 Å². The minimum Gasteiger partial charge on any atom is -0.0522 e. The minimum atomic E-state index is 0.882. The normalized spacial score (nSPS) is 66.0. The van der Waals surface area contributed by atoms with Gasteiger partial charge in [-0.15, -0.1) is 0 Å². The van der Waals surface area contributed by atoms with Crippen molar-refractivity contribution < 1.29 is 0 Å². The second kappa shape index (κ2) is 2.40. The van der Waals surface area contributed by atoms with Crippen molar-refractivity contribution in [2.45, 2.75) is 70.6 Å². The largest absolute Gasteiger partial charge is 0.0522 e. The van der Waals surface area contributed by atoms with E-state index in [0.717, 1.165) is 28.1 Å². The van der Waals surface area contributed by atoms with E-state index >= 15 is 0 Å². The molecular formula is C16H24. The summed E-state index contributed by atoms with van der Waals surface area (Å²) in [6.07, 6.45) is 17.9. The van der Waals surface area contributed by atoms with E-state index in [0.29, 0.717) is 0 Å². The van der Waals surface area contributed by atoms with Crippen LogP contribution in [-0.2, 0) is 0 Å². The van der Waals surface area contributed by atoms with E-state index in [1.807, 2.05) is 0 Å². The smallest absolute Gasteiger partial charge is 0.0184 e. The highest BCUT2D eigenvalue weighted by Crippen LogP contribution is 2.83. The van der Waals surface area contributed by atoms with Crippen molar-refractivity contribution in [1.29, 1.82) is 0 Å². The lowest BCUT2D eigenvalue weighted by Crippen LogP contribution is -2.61. The fourth-order valence-corrected chi connectivity index (χ4v) is 8.20. The van der Waals surface area contributed by atoms with Crippen molar-refractivity contribution >= 4 is 0 Å². The molecule has 0 saturated heterocycles. The van der Waals surface area contributed by atoms with Crippen LogP contribution in [0.15, 0.2) is 0 Å². The van der Waals surface area contributed by atoms with Gasteiger partial charge in [-0.1, -0.05) is 12.8 Å². The molecule has 0 radical (unpaired) electrons. The molecular weight excluding hydrogens is 192 g/mol. The molecule has 6 fully saturated rings. The van der Waals surface area contributed by atoms with Crippen molar-refractivity contribution in [3.63, 3.8) is 0 Å². The third-order valence-electron chi connectivity index (χ3n) is 7.93. The fraction of sp³-hybridized carbons (Fsp3) is 1.00. The third kappa shape index (κ3) is 0.703. The Balaban J connectivity index is 1.77. The fourth-order valence-electron chi connectivity index (χ4n) is 8.20. The number of rotatable bonds is 0. The van der Waals surface area contributed by atoms with E-state index < -0.39 is 0 Å². The number of hydrogen-bond donors (Lipinski definition) is 0.